The quantitative estimate of drug-likeness (QED) is 0.712. The summed E-state index contributed by atoms with van der Waals surface area (Å²) in [6.07, 6.45) is 4.45. The molecule has 0 amide bonds. The molecule has 0 saturated heterocycles. The van der Waals surface area contributed by atoms with E-state index in [1.165, 1.54) is 22.4 Å². The molecule has 1 nitrogen and oxygen atoms in total. The van der Waals surface area contributed by atoms with Crippen LogP contribution in [0.1, 0.15) is 45.2 Å². The Kier molecular flexibility index (Phi) is 5.68. The summed E-state index contributed by atoms with van der Waals surface area (Å²) in [5.74, 6) is 0. The molecule has 0 N–H and O–H groups in total. The van der Waals surface area contributed by atoms with Crippen molar-refractivity contribution in [2.45, 2.75) is 40.5 Å². The molecule has 0 spiro atoms. The van der Waals surface area contributed by atoms with Crippen LogP contribution in [0.25, 0.3) is 0 Å². The van der Waals surface area contributed by atoms with Crippen LogP contribution in [0.3, 0.4) is 0 Å². The molecule has 1 aliphatic carbocycles. The molecule has 0 aliphatic heterocycles. The topological polar surface area (TPSA) is 12.4 Å². The first-order valence-electron chi connectivity index (χ1n) is 6.69. The van der Waals surface area contributed by atoms with Gasteiger partial charge in [-0.05, 0) is 30.9 Å². The smallest absolute Gasteiger partial charge is 0.0681 e. The van der Waals surface area contributed by atoms with E-state index in [9.17, 15) is 0 Å². The summed E-state index contributed by atoms with van der Waals surface area (Å²) in [4.78, 5) is 4.61. The van der Waals surface area contributed by atoms with E-state index in [0.29, 0.717) is 0 Å². The molecule has 0 fully saturated rings. The van der Waals surface area contributed by atoms with Crippen molar-refractivity contribution in [3.8, 4) is 0 Å². The Labute approximate surface area is 105 Å². The third-order valence-electron chi connectivity index (χ3n) is 2.72. The summed E-state index contributed by atoms with van der Waals surface area (Å²) in [6.45, 7) is 9.14. The van der Waals surface area contributed by atoms with Crippen molar-refractivity contribution in [1.82, 2.24) is 0 Å². The summed E-state index contributed by atoms with van der Waals surface area (Å²) in [7, 11) is 0. The average Bonchev–Trinajstić information content (AvgIpc) is 2.72. The first kappa shape index (κ1) is 13.7. The zero-order valence-corrected chi connectivity index (χ0v) is 11.5. The number of benzene rings is 1. The molecule has 0 heterocycles. The zero-order chi connectivity index (χ0) is 12.7. The number of rotatable bonds is 2. The van der Waals surface area contributed by atoms with Gasteiger partial charge < -0.3 is 0 Å². The largest absolute Gasteiger partial charge is 0.285 e. The monoisotopic (exact) mass is 229 g/mol. The van der Waals surface area contributed by atoms with Crippen LogP contribution in [-0.4, -0.2) is 12.3 Å². The lowest BCUT2D eigenvalue weighted by atomic mass is 10.1. The number of aliphatic imine (C=N–C) groups is 1. The molecule has 0 bridgehead atoms. The SMILES string of the molecule is CC.CC/C=C1/Cc2ccccc2C1=NCC. The Balaban J connectivity index is 0.000000686. The van der Waals surface area contributed by atoms with Crippen LogP contribution in [-0.2, 0) is 6.42 Å². The van der Waals surface area contributed by atoms with Gasteiger partial charge in [-0.15, -0.1) is 0 Å². The fourth-order valence-corrected chi connectivity index (χ4v) is 2.13. The lowest BCUT2D eigenvalue weighted by Gasteiger charge is -2.00. The second-order valence-corrected chi connectivity index (χ2v) is 3.79. The Morgan fingerprint density at radius 3 is 2.53 bits per heavy atom. The second kappa shape index (κ2) is 7.05. The number of nitrogens with zero attached hydrogens (tertiary/aromatic N) is 1. The van der Waals surface area contributed by atoms with Gasteiger partial charge in [-0.25, -0.2) is 0 Å². The molecule has 0 saturated carbocycles. The Hall–Kier alpha value is -1.37. The van der Waals surface area contributed by atoms with Crippen LogP contribution >= 0.6 is 0 Å². The molecule has 0 unspecified atom stereocenters. The molecule has 2 rings (SSSR count). The van der Waals surface area contributed by atoms with Gasteiger partial charge in [0.2, 0.25) is 0 Å². The van der Waals surface area contributed by atoms with E-state index < -0.39 is 0 Å². The molecule has 92 valence electrons. The molecular formula is C16H23N. The third-order valence-corrected chi connectivity index (χ3v) is 2.72. The Bertz CT molecular complexity index is 413. The minimum Gasteiger partial charge on any atom is -0.285 e. The standard InChI is InChI=1S/C14H17N.C2H6/c1-3-7-12-10-11-8-5-6-9-13(11)14(12)15-4-2;1-2/h5-9H,3-4,10H2,1-2H3;1-2H3/b12-7-,15-14?;. The lowest BCUT2D eigenvalue weighted by molar-refractivity contribution is 1.12. The van der Waals surface area contributed by atoms with E-state index >= 15 is 0 Å². The first-order chi connectivity index (χ1) is 8.36. The van der Waals surface area contributed by atoms with E-state index in [1.807, 2.05) is 13.8 Å². The van der Waals surface area contributed by atoms with Gasteiger partial charge >= 0.3 is 0 Å². The third kappa shape index (κ3) is 3.06. The highest BCUT2D eigenvalue weighted by molar-refractivity contribution is 6.16. The maximum Gasteiger partial charge on any atom is 0.0681 e. The highest BCUT2D eigenvalue weighted by atomic mass is 14.7. The van der Waals surface area contributed by atoms with Crippen LogP contribution in [0, 0.1) is 0 Å². The van der Waals surface area contributed by atoms with Gasteiger partial charge in [-0.3, -0.25) is 4.99 Å². The maximum absolute atomic E-state index is 4.61. The minimum absolute atomic E-state index is 0.866. The van der Waals surface area contributed by atoms with Gasteiger partial charge in [0, 0.05) is 12.1 Å². The Morgan fingerprint density at radius 2 is 1.88 bits per heavy atom. The molecule has 17 heavy (non-hydrogen) atoms. The minimum atomic E-state index is 0.866. The summed E-state index contributed by atoms with van der Waals surface area (Å²) in [5.41, 5.74) is 5.37. The van der Waals surface area contributed by atoms with Crippen molar-refractivity contribution in [2.24, 2.45) is 4.99 Å². The number of hydrogen-bond acceptors (Lipinski definition) is 1. The van der Waals surface area contributed by atoms with Gasteiger partial charge in [-0.2, -0.15) is 0 Å². The van der Waals surface area contributed by atoms with Crippen molar-refractivity contribution in [1.29, 1.82) is 0 Å². The van der Waals surface area contributed by atoms with E-state index in [0.717, 1.165) is 19.4 Å². The molecular weight excluding hydrogens is 206 g/mol. The summed E-state index contributed by atoms with van der Waals surface area (Å²) >= 11 is 0. The van der Waals surface area contributed by atoms with E-state index in [-0.39, 0.29) is 0 Å². The van der Waals surface area contributed by atoms with Crippen LogP contribution in [0.4, 0.5) is 0 Å². The molecule has 1 heteroatoms. The Morgan fingerprint density at radius 1 is 1.18 bits per heavy atom. The molecule has 0 atom stereocenters. The molecule has 1 aromatic carbocycles. The highest BCUT2D eigenvalue weighted by Crippen LogP contribution is 2.27. The normalized spacial score (nSPS) is 17.9. The van der Waals surface area contributed by atoms with Crippen molar-refractivity contribution in [2.75, 3.05) is 6.54 Å². The number of hydrogen-bond donors (Lipinski definition) is 0. The molecule has 0 radical (unpaired) electrons. The average molecular weight is 229 g/mol. The van der Waals surface area contributed by atoms with E-state index in [2.05, 4.69) is 49.2 Å². The summed E-state index contributed by atoms with van der Waals surface area (Å²) in [6, 6.07) is 8.59. The summed E-state index contributed by atoms with van der Waals surface area (Å²) in [5, 5.41) is 0. The fraction of sp³-hybridized carbons (Fsp3) is 0.438. The van der Waals surface area contributed by atoms with Gasteiger partial charge in [-0.1, -0.05) is 51.1 Å². The van der Waals surface area contributed by atoms with E-state index in [1.54, 1.807) is 0 Å². The van der Waals surface area contributed by atoms with Crippen LogP contribution < -0.4 is 0 Å². The lowest BCUT2D eigenvalue weighted by Crippen LogP contribution is -1.99. The predicted octanol–water partition coefficient (Wildman–Crippen LogP) is 4.41. The van der Waals surface area contributed by atoms with Crippen molar-refractivity contribution < 1.29 is 0 Å². The second-order valence-electron chi connectivity index (χ2n) is 3.79. The van der Waals surface area contributed by atoms with Crippen LogP contribution in [0.5, 0.6) is 0 Å². The zero-order valence-electron chi connectivity index (χ0n) is 11.5. The molecule has 1 aliphatic rings. The van der Waals surface area contributed by atoms with Crippen LogP contribution in [0.15, 0.2) is 40.9 Å². The number of fused-ring (bicyclic) bond motifs is 1. The maximum atomic E-state index is 4.61. The van der Waals surface area contributed by atoms with Crippen LogP contribution in [0.2, 0.25) is 0 Å². The van der Waals surface area contributed by atoms with Gasteiger partial charge in [0.25, 0.3) is 0 Å². The number of allylic oxidation sites excluding steroid dienone is 2. The molecule has 0 aromatic heterocycles. The highest BCUT2D eigenvalue weighted by Gasteiger charge is 2.20. The predicted molar refractivity (Wildman–Crippen MR) is 76.9 cm³/mol. The fourth-order valence-electron chi connectivity index (χ4n) is 2.13. The van der Waals surface area contributed by atoms with Crippen molar-refractivity contribution in [3.63, 3.8) is 0 Å². The molecule has 1 aromatic rings. The van der Waals surface area contributed by atoms with E-state index in [4.69, 9.17) is 0 Å². The summed E-state index contributed by atoms with van der Waals surface area (Å²) < 4.78 is 0. The van der Waals surface area contributed by atoms with Crippen molar-refractivity contribution >= 4 is 5.71 Å². The first-order valence-corrected chi connectivity index (χ1v) is 6.69. The van der Waals surface area contributed by atoms with Gasteiger partial charge in [0.15, 0.2) is 0 Å². The van der Waals surface area contributed by atoms with Crippen molar-refractivity contribution in [3.05, 3.63) is 47.0 Å². The van der Waals surface area contributed by atoms with Gasteiger partial charge in [0.05, 0.1) is 5.71 Å². The van der Waals surface area contributed by atoms with Gasteiger partial charge in [0.1, 0.15) is 0 Å².